The van der Waals surface area contributed by atoms with Gasteiger partial charge >= 0.3 is 6.18 Å². The summed E-state index contributed by atoms with van der Waals surface area (Å²) in [6.45, 7) is 4.26. The highest BCUT2D eigenvalue weighted by Gasteiger charge is 2.34. The largest absolute Gasteiger partial charge is 0.416 e. The number of hydrogen-bond acceptors (Lipinski definition) is 4. The Hall–Kier alpha value is -1.85. The first-order valence-electron chi connectivity index (χ1n) is 9.07. The molecule has 2 N–H and O–H groups in total. The van der Waals surface area contributed by atoms with Crippen LogP contribution in [0.3, 0.4) is 0 Å². The Balaban J connectivity index is 1.82. The van der Waals surface area contributed by atoms with E-state index in [0.717, 1.165) is 17.3 Å². The molecule has 2 aromatic rings. The predicted octanol–water partition coefficient (Wildman–Crippen LogP) is 4.86. The number of morpholine rings is 1. The molecule has 3 rings (SSSR count). The summed E-state index contributed by atoms with van der Waals surface area (Å²) in [6, 6.07) is 9.02. The third kappa shape index (κ3) is 5.61. The van der Waals surface area contributed by atoms with E-state index in [4.69, 9.17) is 4.74 Å². The quantitative estimate of drug-likeness (QED) is 0.438. The van der Waals surface area contributed by atoms with E-state index in [-0.39, 0.29) is 17.7 Å². The number of rotatable bonds is 5. The lowest BCUT2D eigenvalue weighted by Gasteiger charge is -2.27. The Morgan fingerprint density at radius 3 is 2.55 bits per heavy atom. The van der Waals surface area contributed by atoms with Gasteiger partial charge in [-0.2, -0.15) is 13.2 Å². The summed E-state index contributed by atoms with van der Waals surface area (Å²) in [5.41, 5.74) is 1.65. The van der Waals surface area contributed by atoms with Crippen molar-refractivity contribution in [3.8, 4) is 0 Å². The van der Waals surface area contributed by atoms with E-state index < -0.39 is 17.6 Å². The van der Waals surface area contributed by atoms with E-state index in [1.165, 1.54) is 12.1 Å². The van der Waals surface area contributed by atoms with Crippen LogP contribution in [0.4, 0.5) is 24.5 Å². The molecule has 1 saturated heterocycles. The molecule has 1 aliphatic heterocycles. The Labute approximate surface area is 181 Å². The second-order valence-corrected chi connectivity index (χ2v) is 7.38. The first kappa shape index (κ1) is 21.8. The fraction of sp³-hybridized carbons (Fsp3) is 0.350. The summed E-state index contributed by atoms with van der Waals surface area (Å²) >= 11 is 1.98. The van der Waals surface area contributed by atoms with Gasteiger partial charge < -0.3 is 13.6 Å². The van der Waals surface area contributed by atoms with Crippen LogP contribution in [0, 0.1) is 6.92 Å². The number of anilines is 2. The van der Waals surface area contributed by atoms with Gasteiger partial charge in [0, 0.05) is 36.6 Å². The number of carbonyl (C=O) groups is 1. The average Bonchev–Trinajstić information content (AvgIpc) is 2.69. The van der Waals surface area contributed by atoms with E-state index in [9.17, 15) is 18.0 Å². The van der Waals surface area contributed by atoms with Gasteiger partial charge in [-0.15, -0.1) is 0 Å². The van der Waals surface area contributed by atoms with Gasteiger partial charge in [-0.05, 0) is 42.3 Å². The number of nitrogens with one attached hydrogen (secondary N) is 2. The second kappa shape index (κ2) is 9.31. The van der Waals surface area contributed by atoms with E-state index in [1.807, 2.05) is 40.8 Å². The van der Waals surface area contributed by atoms with Crippen molar-refractivity contribution in [2.75, 3.05) is 35.2 Å². The Morgan fingerprint density at radius 1 is 1.17 bits per heavy atom. The maximum absolute atomic E-state index is 13.6. The fourth-order valence-corrected chi connectivity index (χ4v) is 3.71. The van der Waals surface area contributed by atoms with Crippen LogP contribution in [0.1, 0.15) is 27.0 Å². The van der Waals surface area contributed by atoms with E-state index >= 15 is 0 Å². The molecular weight excluding hydrogens is 498 g/mol. The molecule has 0 aromatic heterocycles. The monoisotopic (exact) mass is 519 g/mol. The zero-order valence-corrected chi connectivity index (χ0v) is 17.9. The zero-order chi connectivity index (χ0) is 21.0. The summed E-state index contributed by atoms with van der Waals surface area (Å²) in [5.74, 6) is -0.586. The molecule has 0 aliphatic carbocycles. The number of hydrogen-bond donors (Lipinski definition) is 2. The molecule has 0 radical (unpaired) electrons. The number of ether oxygens (including phenoxy) is 1. The highest BCUT2D eigenvalue weighted by molar-refractivity contribution is 14.1. The Bertz CT molecular complexity index is 884. The molecule has 0 atom stereocenters. The number of halogens is 4. The van der Waals surface area contributed by atoms with Crippen LogP contribution in [0.15, 0.2) is 36.4 Å². The summed E-state index contributed by atoms with van der Waals surface area (Å²) in [7, 11) is 0. The molecule has 2 aromatic carbocycles. The van der Waals surface area contributed by atoms with Crippen molar-refractivity contribution < 1.29 is 22.7 Å². The van der Waals surface area contributed by atoms with Crippen molar-refractivity contribution in [2.24, 2.45) is 0 Å². The molecule has 0 unspecified atom stereocenters. The van der Waals surface area contributed by atoms with Crippen LogP contribution in [0.2, 0.25) is 0 Å². The average molecular weight is 519 g/mol. The molecule has 1 heterocycles. The van der Waals surface area contributed by atoms with Crippen LogP contribution in [-0.2, 0) is 17.5 Å². The zero-order valence-electron chi connectivity index (χ0n) is 15.8. The van der Waals surface area contributed by atoms with Crippen molar-refractivity contribution in [3.05, 3.63) is 58.7 Å². The summed E-state index contributed by atoms with van der Waals surface area (Å²) in [5, 5.41) is 2.66. The molecule has 5 nitrogen and oxygen atoms in total. The SMILES string of the molecule is Cc1ccc(NC(=O)c2ccc(CN3CCOCC3)c(C(F)(F)F)c2)cc1NI. The first-order chi connectivity index (χ1) is 13.8. The molecule has 0 bridgehead atoms. The smallest absolute Gasteiger partial charge is 0.379 e. The number of nitrogens with zero attached hydrogens (tertiary/aromatic N) is 1. The van der Waals surface area contributed by atoms with Crippen molar-refractivity contribution in [2.45, 2.75) is 19.6 Å². The maximum Gasteiger partial charge on any atom is 0.416 e. The van der Waals surface area contributed by atoms with Gasteiger partial charge in [0.05, 0.1) is 41.6 Å². The Kier molecular flexibility index (Phi) is 7.01. The minimum atomic E-state index is -4.54. The van der Waals surface area contributed by atoms with Gasteiger partial charge in [-0.1, -0.05) is 12.1 Å². The lowest BCUT2D eigenvalue weighted by molar-refractivity contribution is -0.138. The molecule has 0 saturated carbocycles. The van der Waals surface area contributed by atoms with Gasteiger partial charge in [0.2, 0.25) is 0 Å². The predicted molar refractivity (Wildman–Crippen MR) is 114 cm³/mol. The van der Waals surface area contributed by atoms with Crippen molar-refractivity contribution in [3.63, 3.8) is 0 Å². The Morgan fingerprint density at radius 2 is 1.90 bits per heavy atom. The lowest BCUT2D eigenvalue weighted by Crippen LogP contribution is -2.36. The number of benzene rings is 2. The van der Waals surface area contributed by atoms with E-state index in [0.29, 0.717) is 32.0 Å². The molecule has 9 heteroatoms. The normalized spacial score (nSPS) is 15.2. The molecule has 29 heavy (non-hydrogen) atoms. The third-order valence-corrected chi connectivity index (χ3v) is 5.35. The molecule has 1 amide bonds. The highest BCUT2D eigenvalue weighted by Crippen LogP contribution is 2.34. The lowest BCUT2D eigenvalue weighted by atomic mass is 10.0. The fourth-order valence-electron chi connectivity index (χ4n) is 3.12. The molecular formula is C20H21F3IN3O2. The van der Waals surface area contributed by atoms with Crippen molar-refractivity contribution >= 4 is 40.1 Å². The first-order valence-corrected chi connectivity index (χ1v) is 10.1. The van der Waals surface area contributed by atoms with Crippen LogP contribution in [-0.4, -0.2) is 37.1 Å². The number of alkyl halides is 3. The number of carbonyl (C=O) groups excluding carboxylic acids is 1. The minimum absolute atomic E-state index is 0.0346. The molecule has 0 spiro atoms. The summed E-state index contributed by atoms with van der Waals surface area (Å²) < 4.78 is 49.1. The second-order valence-electron chi connectivity index (χ2n) is 6.84. The topological polar surface area (TPSA) is 53.6 Å². The van der Waals surface area contributed by atoms with Gasteiger partial charge in [-0.3, -0.25) is 9.69 Å². The minimum Gasteiger partial charge on any atom is -0.379 e. The van der Waals surface area contributed by atoms with Gasteiger partial charge in [0.15, 0.2) is 0 Å². The van der Waals surface area contributed by atoms with E-state index in [1.54, 1.807) is 12.1 Å². The number of amides is 1. The third-order valence-electron chi connectivity index (χ3n) is 4.77. The van der Waals surface area contributed by atoms with Crippen LogP contribution < -0.4 is 8.85 Å². The van der Waals surface area contributed by atoms with Crippen molar-refractivity contribution in [1.82, 2.24) is 4.90 Å². The van der Waals surface area contributed by atoms with Gasteiger partial charge in [0.1, 0.15) is 0 Å². The standard InChI is InChI=1S/C20H21F3IN3O2/c1-13-2-5-16(11-18(13)26-24)25-19(28)14-3-4-15(17(10-14)20(21,22)23)12-27-6-8-29-9-7-27/h2-5,10-11,26H,6-9,12H2,1H3,(H,25,28). The van der Waals surface area contributed by atoms with Crippen molar-refractivity contribution in [1.29, 1.82) is 0 Å². The summed E-state index contributed by atoms with van der Waals surface area (Å²) in [6.07, 6.45) is -4.54. The van der Waals surface area contributed by atoms with Crippen LogP contribution >= 0.6 is 22.9 Å². The van der Waals surface area contributed by atoms with E-state index in [2.05, 4.69) is 8.85 Å². The van der Waals surface area contributed by atoms with Gasteiger partial charge in [-0.25, -0.2) is 0 Å². The summed E-state index contributed by atoms with van der Waals surface area (Å²) in [4.78, 5) is 14.5. The number of aryl methyl sites for hydroxylation is 1. The molecule has 1 aliphatic rings. The molecule has 1 fully saturated rings. The van der Waals surface area contributed by atoms with Gasteiger partial charge in [0.25, 0.3) is 5.91 Å². The van der Waals surface area contributed by atoms with Crippen LogP contribution in [0.5, 0.6) is 0 Å². The highest BCUT2D eigenvalue weighted by atomic mass is 127. The van der Waals surface area contributed by atoms with Crippen LogP contribution in [0.25, 0.3) is 0 Å². The maximum atomic E-state index is 13.6. The molecule has 156 valence electrons.